The Hall–Kier alpha value is -3.04. The highest BCUT2D eigenvalue weighted by atomic mass is 35.5. The standard InChI is InChI=1S/C24H29Cl2N3O6/c1-6-32-17-11-10-16(25)22(23(17)35-9-4)29-28-21(14(5)30)24(31)27-15-12-18(33-7-2)20(26)19(13-15)34-8-3/h10-13,21H,6-9H2,1-5H3,(H,27,31). The van der Waals surface area contributed by atoms with Crippen molar-refractivity contribution in [2.75, 3.05) is 31.7 Å². The highest BCUT2D eigenvalue weighted by Gasteiger charge is 2.25. The molecule has 11 heteroatoms. The zero-order chi connectivity index (χ0) is 26.0. The van der Waals surface area contributed by atoms with E-state index in [1.165, 1.54) is 19.1 Å². The number of halogens is 2. The first-order valence-electron chi connectivity index (χ1n) is 11.2. The summed E-state index contributed by atoms with van der Waals surface area (Å²) >= 11 is 12.6. The number of carbonyl (C=O) groups excluding carboxylic acids is 2. The molecule has 2 aromatic rings. The second kappa shape index (κ2) is 13.7. The average Bonchev–Trinajstić information content (AvgIpc) is 2.80. The van der Waals surface area contributed by atoms with Gasteiger partial charge >= 0.3 is 0 Å². The number of benzene rings is 2. The molecule has 0 spiro atoms. The molecular formula is C24H29Cl2N3O6. The fourth-order valence-corrected chi connectivity index (χ4v) is 3.39. The van der Waals surface area contributed by atoms with E-state index in [0.717, 1.165) is 0 Å². The molecule has 0 saturated heterocycles. The Morgan fingerprint density at radius 2 is 1.43 bits per heavy atom. The lowest BCUT2D eigenvalue weighted by atomic mass is 10.2. The molecule has 0 heterocycles. The van der Waals surface area contributed by atoms with E-state index in [2.05, 4.69) is 15.5 Å². The molecule has 1 unspecified atom stereocenters. The van der Waals surface area contributed by atoms with Crippen LogP contribution in [-0.2, 0) is 9.59 Å². The SMILES string of the molecule is CCOc1cc(NC(=O)C(N=Nc2c(Cl)ccc(OCC)c2OCC)C(C)=O)cc(OCC)c1Cl. The number of azo groups is 1. The summed E-state index contributed by atoms with van der Waals surface area (Å²) in [6.45, 7) is 9.89. The summed E-state index contributed by atoms with van der Waals surface area (Å²) in [4.78, 5) is 25.3. The Morgan fingerprint density at radius 1 is 0.886 bits per heavy atom. The van der Waals surface area contributed by atoms with Crippen molar-refractivity contribution in [2.45, 2.75) is 40.7 Å². The van der Waals surface area contributed by atoms with Crippen LogP contribution < -0.4 is 24.3 Å². The molecule has 0 saturated carbocycles. The minimum Gasteiger partial charge on any atom is -0.492 e. The van der Waals surface area contributed by atoms with Gasteiger partial charge in [-0.15, -0.1) is 5.11 Å². The summed E-state index contributed by atoms with van der Waals surface area (Å²) in [5.41, 5.74) is 0.474. The number of Topliss-reactive ketones (excluding diaryl/α,β-unsaturated/α-hetero) is 1. The molecule has 0 aromatic heterocycles. The number of nitrogens with zero attached hydrogens (tertiary/aromatic N) is 2. The minimum absolute atomic E-state index is 0.155. The maximum atomic E-state index is 13.0. The predicted molar refractivity (Wildman–Crippen MR) is 135 cm³/mol. The topological polar surface area (TPSA) is 108 Å². The van der Waals surface area contributed by atoms with Gasteiger partial charge in [0.15, 0.2) is 17.3 Å². The normalized spacial score (nSPS) is 11.7. The van der Waals surface area contributed by atoms with Crippen LogP contribution in [0.4, 0.5) is 11.4 Å². The number of anilines is 1. The van der Waals surface area contributed by atoms with Crippen LogP contribution in [0.25, 0.3) is 0 Å². The molecule has 1 atom stereocenters. The molecule has 1 amide bonds. The predicted octanol–water partition coefficient (Wildman–Crippen LogP) is 6.27. The first-order valence-corrected chi connectivity index (χ1v) is 11.9. The summed E-state index contributed by atoms with van der Waals surface area (Å²) < 4.78 is 22.3. The summed E-state index contributed by atoms with van der Waals surface area (Å²) in [5.74, 6) is 0.127. The molecule has 0 aliphatic carbocycles. The third-order valence-electron chi connectivity index (χ3n) is 4.41. The van der Waals surface area contributed by atoms with Gasteiger partial charge in [0, 0.05) is 17.8 Å². The minimum atomic E-state index is -1.45. The van der Waals surface area contributed by atoms with Gasteiger partial charge in [-0.25, -0.2) is 0 Å². The van der Waals surface area contributed by atoms with Crippen molar-refractivity contribution in [1.82, 2.24) is 0 Å². The third-order valence-corrected chi connectivity index (χ3v) is 5.09. The number of hydrogen-bond donors (Lipinski definition) is 1. The molecule has 0 aliphatic heterocycles. The second-order valence-corrected chi connectivity index (χ2v) is 7.74. The molecule has 2 rings (SSSR count). The van der Waals surface area contributed by atoms with Crippen LogP contribution in [0.15, 0.2) is 34.5 Å². The van der Waals surface area contributed by atoms with E-state index in [9.17, 15) is 9.59 Å². The summed E-state index contributed by atoms with van der Waals surface area (Å²) in [6.07, 6.45) is 0. The number of ketones is 1. The Labute approximate surface area is 214 Å². The van der Waals surface area contributed by atoms with Crippen molar-refractivity contribution in [3.63, 3.8) is 0 Å². The van der Waals surface area contributed by atoms with Crippen LogP contribution in [-0.4, -0.2) is 44.2 Å². The van der Waals surface area contributed by atoms with Gasteiger partial charge < -0.3 is 24.3 Å². The molecule has 1 N–H and O–H groups in total. The highest BCUT2D eigenvalue weighted by Crippen LogP contribution is 2.43. The van der Waals surface area contributed by atoms with E-state index < -0.39 is 17.7 Å². The Bertz CT molecular complexity index is 1050. The number of carbonyl (C=O) groups is 2. The van der Waals surface area contributed by atoms with Gasteiger partial charge in [0.1, 0.15) is 22.2 Å². The lowest BCUT2D eigenvalue weighted by Crippen LogP contribution is -2.31. The van der Waals surface area contributed by atoms with Crippen molar-refractivity contribution >= 4 is 46.3 Å². The smallest absolute Gasteiger partial charge is 0.258 e. The van der Waals surface area contributed by atoms with Crippen molar-refractivity contribution < 1.29 is 28.5 Å². The van der Waals surface area contributed by atoms with Crippen molar-refractivity contribution in [2.24, 2.45) is 10.2 Å². The van der Waals surface area contributed by atoms with Crippen molar-refractivity contribution in [3.05, 3.63) is 34.3 Å². The van der Waals surface area contributed by atoms with E-state index in [0.29, 0.717) is 49.4 Å². The maximum Gasteiger partial charge on any atom is 0.258 e. The number of rotatable bonds is 13. The molecule has 0 aliphatic rings. The molecule has 190 valence electrons. The molecule has 2 aromatic carbocycles. The highest BCUT2D eigenvalue weighted by molar-refractivity contribution is 6.34. The molecule has 0 fully saturated rings. The van der Waals surface area contributed by atoms with Gasteiger partial charge in [-0.05, 0) is 46.8 Å². The fraction of sp³-hybridized carbons (Fsp3) is 0.417. The second-order valence-electron chi connectivity index (χ2n) is 6.96. The molecule has 0 bridgehead atoms. The lowest BCUT2D eigenvalue weighted by molar-refractivity contribution is -0.126. The first-order chi connectivity index (χ1) is 16.8. The van der Waals surface area contributed by atoms with E-state index in [-0.39, 0.29) is 21.5 Å². The Morgan fingerprint density at radius 3 is 1.94 bits per heavy atom. The number of nitrogens with one attached hydrogen (secondary N) is 1. The van der Waals surface area contributed by atoms with Crippen LogP contribution in [0.3, 0.4) is 0 Å². The van der Waals surface area contributed by atoms with Crippen LogP contribution in [0.5, 0.6) is 23.0 Å². The Balaban J connectivity index is 2.39. The van der Waals surface area contributed by atoms with Gasteiger partial charge in [0.05, 0.1) is 31.5 Å². The zero-order valence-corrected chi connectivity index (χ0v) is 21.8. The first kappa shape index (κ1) is 28.2. The summed E-state index contributed by atoms with van der Waals surface area (Å²) in [6, 6.07) is 4.85. The number of ether oxygens (including phenoxy) is 4. The van der Waals surface area contributed by atoms with E-state index in [1.54, 1.807) is 32.9 Å². The fourth-order valence-electron chi connectivity index (χ4n) is 2.98. The van der Waals surface area contributed by atoms with Crippen molar-refractivity contribution in [1.29, 1.82) is 0 Å². The molecule has 9 nitrogen and oxygen atoms in total. The molecule has 35 heavy (non-hydrogen) atoms. The summed E-state index contributed by atoms with van der Waals surface area (Å²) in [7, 11) is 0. The van der Waals surface area contributed by atoms with E-state index in [1.807, 2.05) is 6.92 Å². The number of hydrogen-bond acceptors (Lipinski definition) is 8. The van der Waals surface area contributed by atoms with Gasteiger partial charge in [-0.1, -0.05) is 23.2 Å². The maximum absolute atomic E-state index is 13.0. The van der Waals surface area contributed by atoms with Crippen LogP contribution in [0, 0.1) is 0 Å². The van der Waals surface area contributed by atoms with Gasteiger partial charge in [0.2, 0.25) is 6.04 Å². The van der Waals surface area contributed by atoms with E-state index in [4.69, 9.17) is 42.1 Å². The number of amides is 1. The van der Waals surface area contributed by atoms with Gasteiger partial charge in [0.25, 0.3) is 5.91 Å². The van der Waals surface area contributed by atoms with Crippen LogP contribution in [0.2, 0.25) is 10.0 Å². The monoisotopic (exact) mass is 525 g/mol. The quantitative estimate of drug-likeness (QED) is 0.244. The third kappa shape index (κ3) is 7.47. The average molecular weight is 526 g/mol. The van der Waals surface area contributed by atoms with Gasteiger partial charge in [-0.3, -0.25) is 9.59 Å². The van der Waals surface area contributed by atoms with Gasteiger partial charge in [-0.2, -0.15) is 5.11 Å². The van der Waals surface area contributed by atoms with Crippen molar-refractivity contribution in [3.8, 4) is 23.0 Å². The molecule has 0 radical (unpaired) electrons. The van der Waals surface area contributed by atoms with Crippen LogP contribution in [0.1, 0.15) is 34.6 Å². The largest absolute Gasteiger partial charge is 0.492 e. The Kier molecular flexibility index (Phi) is 11.1. The summed E-state index contributed by atoms with van der Waals surface area (Å²) in [5, 5.41) is 11.2. The van der Waals surface area contributed by atoms with E-state index >= 15 is 0 Å². The lowest BCUT2D eigenvalue weighted by Gasteiger charge is -2.16. The zero-order valence-electron chi connectivity index (χ0n) is 20.3. The van der Waals surface area contributed by atoms with Crippen LogP contribution >= 0.6 is 23.2 Å². The molecular weight excluding hydrogens is 497 g/mol.